The molecule has 7 N–H and O–H groups in total. The standard InChI is InChI=1S/C51H66Cl2N10O6S/c1-6-8-9-19-54-48-58-43(52)39(37-23-33-22-34(10-7-2)56-29(4)41(33)69-37)45(60-48)63-51(66)18-14-32(27-65)42(51)68-35-11-12-38-36(24-35)57-47(70-38)40-44(53)59-49(55-25-30-15-20-67-21-16-30)61-46(40)62-50(5)17-13-31(26-64)28(50)3/h11-12,22-24,28,30-32,42,64-66H,6-10,13-21,25-27H2,1-5H3,(H2,54,58,60,63)(H2,55,59,61,62)/t28-,31-,32-,42-,50+,51-/m1/s1. The number of ether oxygens (including phenoxy) is 2. The van der Waals surface area contributed by atoms with Crippen LogP contribution in [0, 0.1) is 30.6 Å². The Balaban J connectivity index is 1.03. The number of aliphatic hydroxyl groups excluding tert-OH is 2. The first-order valence-electron chi connectivity index (χ1n) is 25.0. The van der Waals surface area contributed by atoms with E-state index < -0.39 is 17.7 Å². The molecule has 9 rings (SSSR count). The fourth-order valence-electron chi connectivity index (χ4n) is 10.4. The third-order valence-corrected chi connectivity index (χ3v) is 16.3. The van der Waals surface area contributed by atoms with E-state index in [1.54, 1.807) is 0 Å². The van der Waals surface area contributed by atoms with Crippen LogP contribution in [0.25, 0.3) is 43.1 Å². The van der Waals surface area contributed by atoms with Gasteiger partial charge in [0.05, 0.1) is 27.0 Å². The maximum atomic E-state index is 12.7. The number of benzene rings is 1. The van der Waals surface area contributed by atoms with Gasteiger partial charge in [0.2, 0.25) is 11.9 Å². The minimum Gasteiger partial charge on any atom is -0.485 e. The summed E-state index contributed by atoms with van der Waals surface area (Å²) in [6, 6.07) is 9.55. The van der Waals surface area contributed by atoms with Crippen molar-refractivity contribution in [2.24, 2.45) is 23.7 Å². The van der Waals surface area contributed by atoms with Crippen LogP contribution < -0.4 is 26.0 Å². The van der Waals surface area contributed by atoms with Crippen LogP contribution >= 0.6 is 34.5 Å². The second-order valence-corrected chi connectivity index (χ2v) is 21.4. The Labute approximate surface area is 423 Å². The number of nitrogens with one attached hydrogen (secondary N) is 4. The molecule has 5 aromatic heterocycles. The zero-order chi connectivity index (χ0) is 49.2. The van der Waals surface area contributed by atoms with E-state index in [0.29, 0.717) is 81.9 Å². The van der Waals surface area contributed by atoms with Crippen molar-refractivity contribution in [2.45, 2.75) is 123 Å². The van der Waals surface area contributed by atoms with E-state index in [2.05, 4.69) is 53.9 Å². The largest absolute Gasteiger partial charge is 0.485 e. The van der Waals surface area contributed by atoms with Gasteiger partial charge in [0, 0.05) is 68.1 Å². The highest BCUT2D eigenvalue weighted by atomic mass is 35.5. The van der Waals surface area contributed by atoms with Gasteiger partial charge in [-0.05, 0) is 107 Å². The zero-order valence-electron chi connectivity index (χ0n) is 40.7. The Morgan fingerprint density at radius 3 is 2.29 bits per heavy atom. The summed E-state index contributed by atoms with van der Waals surface area (Å²) in [7, 11) is 0. The first kappa shape index (κ1) is 50.3. The molecule has 19 heteroatoms. The summed E-state index contributed by atoms with van der Waals surface area (Å²) in [6.45, 7) is 13.3. The summed E-state index contributed by atoms with van der Waals surface area (Å²) in [5.41, 5.74) is 1.91. The predicted octanol–water partition coefficient (Wildman–Crippen LogP) is 10.5. The van der Waals surface area contributed by atoms with Crippen molar-refractivity contribution in [3.8, 4) is 27.6 Å². The number of hydrogen-bond acceptors (Lipinski definition) is 17. The van der Waals surface area contributed by atoms with Gasteiger partial charge in [0.15, 0.2) is 17.4 Å². The van der Waals surface area contributed by atoms with Crippen molar-refractivity contribution in [2.75, 3.05) is 60.8 Å². The average molecular weight is 1020 g/mol. The number of halogens is 2. The van der Waals surface area contributed by atoms with Crippen molar-refractivity contribution < 1.29 is 29.2 Å². The molecule has 2 aliphatic carbocycles. The monoisotopic (exact) mass is 1020 g/mol. The summed E-state index contributed by atoms with van der Waals surface area (Å²) in [6.07, 6.45) is 8.26. The molecule has 0 radical (unpaired) electrons. The second kappa shape index (κ2) is 21.6. The molecule has 0 bridgehead atoms. The van der Waals surface area contributed by atoms with Crippen molar-refractivity contribution in [1.29, 1.82) is 0 Å². The molecular formula is C51H66Cl2N10O6S. The molecule has 0 amide bonds. The maximum absolute atomic E-state index is 12.7. The molecule has 16 nitrogen and oxygen atoms in total. The molecule has 3 aliphatic rings. The van der Waals surface area contributed by atoms with E-state index in [1.807, 2.05) is 37.3 Å². The first-order chi connectivity index (χ1) is 33.8. The van der Waals surface area contributed by atoms with E-state index in [0.717, 1.165) is 92.5 Å². The van der Waals surface area contributed by atoms with Gasteiger partial charge in [-0.3, -0.25) is 4.98 Å². The molecular weight excluding hydrogens is 952 g/mol. The second-order valence-electron chi connectivity index (χ2n) is 19.7. The van der Waals surface area contributed by atoms with Crippen LogP contribution in [0.5, 0.6) is 5.75 Å². The summed E-state index contributed by atoms with van der Waals surface area (Å²) in [5.74, 6) is 2.78. The van der Waals surface area contributed by atoms with Crippen molar-refractivity contribution >= 4 is 79.3 Å². The number of pyridine rings is 1. The number of aryl methyl sites for hydroxylation is 2. The highest BCUT2D eigenvalue weighted by molar-refractivity contribution is 7.21. The topological polar surface area (TPSA) is 218 Å². The Kier molecular flexibility index (Phi) is 15.5. The lowest BCUT2D eigenvalue weighted by molar-refractivity contribution is -0.0401. The van der Waals surface area contributed by atoms with E-state index in [4.69, 9.17) is 62.0 Å². The molecule has 6 atom stereocenters. The van der Waals surface area contributed by atoms with Crippen LogP contribution in [0.15, 0.2) is 34.7 Å². The summed E-state index contributed by atoms with van der Waals surface area (Å²) >= 11 is 15.6. The number of rotatable bonds is 20. The normalized spacial score (nSPS) is 23.9. The van der Waals surface area contributed by atoms with Crippen molar-refractivity contribution in [1.82, 2.24) is 29.9 Å². The van der Waals surface area contributed by atoms with Gasteiger partial charge in [0.25, 0.3) is 0 Å². The number of thiazole rings is 1. The van der Waals surface area contributed by atoms with Crippen LogP contribution in [0.4, 0.5) is 23.5 Å². The first-order valence-corrected chi connectivity index (χ1v) is 26.6. The Bertz CT molecular complexity index is 2790. The average Bonchev–Trinajstić information content (AvgIpc) is 4.10. The Morgan fingerprint density at radius 1 is 0.829 bits per heavy atom. The zero-order valence-corrected chi connectivity index (χ0v) is 43.0. The third-order valence-electron chi connectivity index (χ3n) is 14.7. The van der Waals surface area contributed by atoms with Gasteiger partial charge < -0.3 is 50.5 Å². The molecule has 376 valence electrons. The number of unbranched alkanes of at least 4 members (excludes halogenated alkanes) is 2. The fourth-order valence-corrected chi connectivity index (χ4v) is 11.9. The van der Waals surface area contributed by atoms with Crippen LogP contribution in [0.1, 0.15) is 103 Å². The van der Waals surface area contributed by atoms with Gasteiger partial charge in [-0.15, -0.1) is 11.3 Å². The quantitative estimate of drug-likeness (QED) is 0.0215. The number of aromatic nitrogens is 6. The van der Waals surface area contributed by atoms with Crippen LogP contribution in [-0.4, -0.2) is 102 Å². The number of furan rings is 1. The van der Waals surface area contributed by atoms with Crippen LogP contribution in [0.2, 0.25) is 10.3 Å². The van der Waals surface area contributed by atoms with Gasteiger partial charge in [-0.1, -0.05) is 63.2 Å². The lowest BCUT2D eigenvalue weighted by Crippen LogP contribution is -2.51. The smallest absolute Gasteiger partial charge is 0.226 e. The number of aliphatic hydroxyl groups is 3. The maximum Gasteiger partial charge on any atom is 0.226 e. The molecule has 6 heterocycles. The number of anilines is 4. The van der Waals surface area contributed by atoms with Gasteiger partial charge in [-0.25, -0.2) is 15.0 Å². The minimum atomic E-state index is -1.71. The molecule has 1 saturated heterocycles. The third kappa shape index (κ3) is 10.6. The molecule has 1 aliphatic heterocycles. The van der Waals surface area contributed by atoms with Gasteiger partial charge >= 0.3 is 0 Å². The molecule has 6 aromatic rings. The van der Waals surface area contributed by atoms with Crippen LogP contribution in [-0.2, 0) is 11.2 Å². The summed E-state index contributed by atoms with van der Waals surface area (Å²) in [4.78, 5) is 29.2. The summed E-state index contributed by atoms with van der Waals surface area (Å²) < 4.78 is 19.6. The SMILES string of the molecule is CCCCCNc1nc(Cl)c(-c2cc3cc(CCC)nc(C)c3o2)c(N[C@@]2(O)CC[C@H](CO)[C@H]2Oc2ccc3sc(-c4c(Cl)nc(NCC5CCOCC5)nc4N[C@@]4(C)CC[C@H](CO)[C@H]4C)nc3c2)n1. The summed E-state index contributed by atoms with van der Waals surface area (Å²) in [5, 5.41) is 49.4. The number of fused-ring (bicyclic) bond motifs is 2. The minimum absolute atomic E-state index is 0.122. The van der Waals surface area contributed by atoms with Crippen molar-refractivity contribution in [3.05, 3.63) is 52.0 Å². The Hall–Kier alpha value is -4.62. The van der Waals surface area contributed by atoms with Gasteiger partial charge in [0.1, 0.15) is 38.5 Å². The van der Waals surface area contributed by atoms with E-state index in [9.17, 15) is 15.3 Å². The lowest BCUT2D eigenvalue weighted by atomic mass is 9.86. The number of nitrogens with zero attached hydrogens (tertiary/aromatic N) is 6. The number of hydrogen-bond donors (Lipinski definition) is 7. The van der Waals surface area contributed by atoms with E-state index >= 15 is 0 Å². The van der Waals surface area contributed by atoms with Crippen molar-refractivity contribution in [3.63, 3.8) is 0 Å². The molecule has 0 spiro atoms. The predicted molar refractivity (Wildman–Crippen MR) is 278 cm³/mol. The Morgan fingerprint density at radius 2 is 1.56 bits per heavy atom. The highest BCUT2D eigenvalue weighted by Gasteiger charge is 2.50. The molecule has 3 fully saturated rings. The molecule has 2 saturated carbocycles. The van der Waals surface area contributed by atoms with Gasteiger partial charge in [-0.2, -0.15) is 9.97 Å². The van der Waals surface area contributed by atoms with E-state index in [1.165, 1.54) is 11.3 Å². The lowest BCUT2D eigenvalue weighted by Gasteiger charge is -2.34. The fraction of sp³-hybridized carbons (Fsp3) is 0.569. The van der Waals surface area contributed by atoms with E-state index in [-0.39, 0.29) is 53.1 Å². The molecule has 70 heavy (non-hydrogen) atoms. The molecule has 0 unspecified atom stereocenters. The highest BCUT2D eigenvalue weighted by Crippen LogP contribution is 2.47. The van der Waals surface area contributed by atoms with Crippen LogP contribution in [0.3, 0.4) is 0 Å². The molecule has 1 aromatic carbocycles.